The Bertz CT molecular complexity index is 796. The zero-order chi connectivity index (χ0) is 16.4. The van der Waals surface area contributed by atoms with Crippen LogP contribution in [0.2, 0.25) is 0 Å². The number of nitrogens with zero attached hydrogens (tertiary/aromatic N) is 5. The number of hydrogen-bond donors (Lipinski definition) is 2. The van der Waals surface area contributed by atoms with E-state index in [-0.39, 0.29) is 12.1 Å². The number of urea groups is 1. The van der Waals surface area contributed by atoms with Crippen LogP contribution in [0.5, 0.6) is 0 Å². The van der Waals surface area contributed by atoms with Gasteiger partial charge in [-0.1, -0.05) is 0 Å². The van der Waals surface area contributed by atoms with Crippen molar-refractivity contribution >= 4 is 23.1 Å². The van der Waals surface area contributed by atoms with Crippen LogP contribution in [0.1, 0.15) is 12.8 Å². The van der Waals surface area contributed by atoms with Gasteiger partial charge in [0.2, 0.25) is 0 Å². The van der Waals surface area contributed by atoms with Gasteiger partial charge in [-0.25, -0.2) is 14.8 Å². The number of carbonyl (C=O) groups is 1. The number of nitrogens with one attached hydrogen (secondary N) is 2. The largest absolute Gasteiger partial charge is 0.335 e. The average Bonchev–Trinajstić information content (AvgIpc) is 3.36. The molecule has 1 saturated heterocycles. The first kappa shape index (κ1) is 14.9. The highest BCUT2D eigenvalue weighted by Crippen LogP contribution is 2.28. The molecule has 0 radical (unpaired) electrons. The van der Waals surface area contributed by atoms with Crippen LogP contribution in [0.3, 0.4) is 0 Å². The maximum absolute atomic E-state index is 12.7. The van der Waals surface area contributed by atoms with E-state index in [1.165, 1.54) is 11.3 Å². The molecule has 1 fully saturated rings. The Balaban J connectivity index is 1.47. The van der Waals surface area contributed by atoms with Gasteiger partial charge in [-0.3, -0.25) is 5.10 Å². The summed E-state index contributed by atoms with van der Waals surface area (Å²) < 4.78 is 2.01. The third-order valence-electron chi connectivity index (χ3n) is 4.15. The second-order valence-corrected chi connectivity index (χ2v) is 6.57. The second kappa shape index (κ2) is 6.44. The molecule has 0 saturated carbocycles. The molecule has 3 aromatic heterocycles. The fourth-order valence-corrected chi connectivity index (χ4v) is 3.65. The molecule has 8 nitrogen and oxygen atoms in total. The topological polar surface area (TPSA) is 91.7 Å². The number of aromatic amines is 1. The Morgan fingerprint density at radius 2 is 2.42 bits per heavy atom. The van der Waals surface area contributed by atoms with E-state index in [9.17, 15) is 4.79 Å². The molecule has 124 valence electrons. The van der Waals surface area contributed by atoms with Crippen LogP contribution in [0.4, 0.5) is 10.5 Å². The predicted octanol–water partition coefficient (Wildman–Crippen LogP) is 2.43. The summed E-state index contributed by atoms with van der Waals surface area (Å²) in [5, 5.41) is 12.6. The molecule has 0 unspecified atom stereocenters. The SMILES string of the molecule is O=C(Nc1cn[nH]c1-c1nccs1)N1CCC[C@H]1Cn1ccnc1. The van der Waals surface area contributed by atoms with Crippen LogP contribution in [0, 0.1) is 0 Å². The number of thiazole rings is 1. The molecule has 4 heterocycles. The van der Waals surface area contributed by atoms with Crippen molar-refractivity contribution in [3.05, 3.63) is 36.5 Å². The van der Waals surface area contributed by atoms with Gasteiger partial charge in [0.25, 0.3) is 0 Å². The van der Waals surface area contributed by atoms with Crippen LogP contribution < -0.4 is 5.32 Å². The summed E-state index contributed by atoms with van der Waals surface area (Å²) in [4.78, 5) is 22.9. The van der Waals surface area contributed by atoms with Crippen LogP contribution in [0.25, 0.3) is 10.7 Å². The number of H-pyrrole nitrogens is 1. The molecule has 0 aromatic carbocycles. The van der Waals surface area contributed by atoms with Gasteiger partial charge in [0.05, 0.1) is 24.3 Å². The summed E-state index contributed by atoms with van der Waals surface area (Å²) in [6.07, 6.45) is 10.8. The highest BCUT2D eigenvalue weighted by molar-refractivity contribution is 7.13. The second-order valence-electron chi connectivity index (χ2n) is 5.68. The molecule has 9 heteroatoms. The number of rotatable bonds is 4. The average molecular weight is 343 g/mol. The molecule has 3 aromatic rings. The van der Waals surface area contributed by atoms with Crippen LogP contribution >= 0.6 is 11.3 Å². The molecule has 4 rings (SSSR count). The van der Waals surface area contributed by atoms with Gasteiger partial charge in [-0.2, -0.15) is 5.10 Å². The van der Waals surface area contributed by atoms with Crippen molar-refractivity contribution in [2.45, 2.75) is 25.4 Å². The maximum atomic E-state index is 12.7. The van der Waals surface area contributed by atoms with Gasteiger partial charge in [0, 0.05) is 37.1 Å². The molecule has 0 spiro atoms. The smallest absolute Gasteiger partial charge is 0.322 e. The number of likely N-dealkylation sites (tertiary alicyclic amines) is 1. The fraction of sp³-hybridized carbons (Fsp3) is 0.333. The molecule has 24 heavy (non-hydrogen) atoms. The Morgan fingerprint density at radius 3 is 3.21 bits per heavy atom. The van der Waals surface area contributed by atoms with Gasteiger partial charge in [-0.05, 0) is 12.8 Å². The minimum absolute atomic E-state index is 0.100. The van der Waals surface area contributed by atoms with E-state index in [0.29, 0.717) is 5.69 Å². The van der Waals surface area contributed by atoms with Gasteiger partial charge < -0.3 is 14.8 Å². The Labute approximate surface area is 142 Å². The molecule has 1 aliphatic rings. The first-order valence-corrected chi connectivity index (χ1v) is 8.66. The lowest BCUT2D eigenvalue weighted by Gasteiger charge is -2.25. The van der Waals surface area contributed by atoms with Gasteiger partial charge >= 0.3 is 6.03 Å². The molecule has 2 N–H and O–H groups in total. The summed E-state index contributed by atoms with van der Waals surface area (Å²) >= 11 is 1.50. The quantitative estimate of drug-likeness (QED) is 0.761. The van der Waals surface area contributed by atoms with E-state index < -0.39 is 0 Å². The summed E-state index contributed by atoms with van der Waals surface area (Å²) in [5.74, 6) is 0. The number of hydrogen-bond acceptors (Lipinski definition) is 5. The molecule has 1 aliphatic heterocycles. The minimum atomic E-state index is -0.100. The highest BCUT2D eigenvalue weighted by atomic mass is 32.1. The minimum Gasteiger partial charge on any atom is -0.335 e. The molecule has 0 aliphatic carbocycles. The standard InChI is InChI=1S/C15H17N7OS/c23-15(19-12-8-18-20-13(12)14-17-4-7-24-14)22-5-1-2-11(22)9-21-6-3-16-10-21/h3-4,6-8,10-11H,1-2,5,9H2,(H,18,20)(H,19,23)/t11-/m0/s1. The van der Waals surface area contributed by atoms with E-state index in [1.807, 2.05) is 21.0 Å². The first-order valence-electron chi connectivity index (χ1n) is 7.78. The van der Waals surface area contributed by atoms with Crippen molar-refractivity contribution in [1.29, 1.82) is 0 Å². The van der Waals surface area contributed by atoms with E-state index >= 15 is 0 Å². The Morgan fingerprint density at radius 1 is 1.46 bits per heavy atom. The summed E-state index contributed by atoms with van der Waals surface area (Å²) in [5.41, 5.74) is 1.40. The summed E-state index contributed by atoms with van der Waals surface area (Å²) in [7, 11) is 0. The zero-order valence-electron chi connectivity index (χ0n) is 12.9. The maximum Gasteiger partial charge on any atom is 0.322 e. The molecule has 1 atom stereocenters. The number of amides is 2. The number of carbonyl (C=O) groups excluding carboxylic acids is 1. The normalized spacial score (nSPS) is 17.3. The summed E-state index contributed by atoms with van der Waals surface area (Å²) in [6, 6.07) is 0.0752. The zero-order valence-corrected chi connectivity index (χ0v) is 13.7. The third kappa shape index (κ3) is 2.90. The van der Waals surface area contributed by atoms with E-state index in [4.69, 9.17) is 0 Å². The first-order chi connectivity index (χ1) is 11.8. The molecule has 2 amide bonds. The fourth-order valence-electron chi connectivity index (χ4n) is 3.01. The van der Waals surface area contributed by atoms with Crippen LogP contribution in [-0.4, -0.2) is 48.3 Å². The molecular weight excluding hydrogens is 326 g/mol. The Kier molecular flexibility index (Phi) is 3.99. The van der Waals surface area contributed by atoms with Crippen molar-refractivity contribution in [2.75, 3.05) is 11.9 Å². The predicted molar refractivity (Wildman–Crippen MR) is 90.7 cm³/mol. The third-order valence-corrected chi connectivity index (χ3v) is 4.94. The van der Waals surface area contributed by atoms with Crippen molar-refractivity contribution in [2.24, 2.45) is 0 Å². The number of imidazole rings is 1. The lowest BCUT2D eigenvalue weighted by molar-refractivity contribution is 0.201. The van der Waals surface area contributed by atoms with Gasteiger partial charge in [0.15, 0.2) is 0 Å². The monoisotopic (exact) mass is 343 g/mol. The van der Waals surface area contributed by atoms with Crippen molar-refractivity contribution in [1.82, 2.24) is 29.6 Å². The van der Waals surface area contributed by atoms with Gasteiger partial charge in [0.1, 0.15) is 10.7 Å². The van der Waals surface area contributed by atoms with E-state index in [2.05, 4.69) is 25.5 Å². The number of anilines is 1. The van der Waals surface area contributed by atoms with Crippen molar-refractivity contribution in [3.63, 3.8) is 0 Å². The van der Waals surface area contributed by atoms with E-state index in [0.717, 1.165) is 36.6 Å². The number of aromatic nitrogens is 5. The van der Waals surface area contributed by atoms with Crippen LogP contribution in [0.15, 0.2) is 36.5 Å². The van der Waals surface area contributed by atoms with Crippen LogP contribution in [-0.2, 0) is 6.54 Å². The van der Waals surface area contributed by atoms with Crippen molar-refractivity contribution in [3.8, 4) is 10.7 Å². The highest BCUT2D eigenvalue weighted by Gasteiger charge is 2.29. The van der Waals surface area contributed by atoms with E-state index in [1.54, 1.807) is 24.9 Å². The lowest BCUT2D eigenvalue weighted by Crippen LogP contribution is -2.40. The van der Waals surface area contributed by atoms with Gasteiger partial charge in [-0.15, -0.1) is 11.3 Å². The molecule has 0 bridgehead atoms. The summed E-state index contributed by atoms with van der Waals surface area (Å²) in [6.45, 7) is 1.52. The lowest BCUT2D eigenvalue weighted by atomic mass is 10.2. The molecular formula is C15H17N7OS. The van der Waals surface area contributed by atoms with Crippen molar-refractivity contribution < 1.29 is 4.79 Å². The Hall–Kier alpha value is -2.68.